The van der Waals surface area contributed by atoms with E-state index >= 15 is 0 Å². The lowest BCUT2D eigenvalue weighted by atomic mass is 10.1. The third-order valence-electron chi connectivity index (χ3n) is 3.20. The van der Waals surface area contributed by atoms with Gasteiger partial charge in [0.25, 0.3) is 0 Å². The van der Waals surface area contributed by atoms with Crippen LogP contribution in [0.4, 0.5) is 0 Å². The Morgan fingerprint density at radius 2 is 2.11 bits per heavy atom. The number of aromatic amines is 1. The van der Waals surface area contributed by atoms with Gasteiger partial charge in [-0.1, -0.05) is 18.2 Å². The Hall–Kier alpha value is -2.20. The molecule has 0 radical (unpaired) electrons. The van der Waals surface area contributed by atoms with Crippen LogP contribution in [0.25, 0.3) is 10.9 Å². The standard InChI is InChI=1S/C15H16N4/c1-2-4-15-14(3-1)12(9-18-15)5-7-16-10-13-6-8-17-11-19-13/h1-4,6,8-9,11,16,18H,5,7,10H2. The van der Waals surface area contributed by atoms with Gasteiger partial charge in [-0.2, -0.15) is 0 Å². The highest BCUT2D eigenvalue weighted by atomic mass is 14.9. The van der Waals surface area contributed by atoms with E-state index in [0.717, 1.165) is 25.2 Å². The fraction of sp³-hybridized carbons (Fsp3) is 0.200. The predicted octanol–water partition coefficient (Wildman–Crippen LogP) is 2.29. The van der Waals surface area contributed by atoms with Crippen LogP contribution in [0.1, 0.15) is 11.3 Å². The molecule has 0 aliphatic rings. The van der Waals surface area contributed by atoms with Gasteiger partial charge in [0, 0.05) is 29.8 Å². The van der Waals surface area contributed by atoms with Gasteiger partial charge >= 0.3 is 0 Å². The number of aromatic nitrogens is 3. The molecule has 96 valence electrons. The number of rotatable bonds is 5. The summed E-state index contributed by atoms with van der Waals surface area (Å²) in [4.78, 5) is 11.4. The Kier molecular flexibility index (Phi) is 3.51. The molecule has 3 rings (SSSR count). The Balaban J connectivity index is 1.55. The average Bonchev–Trinajstić information content (AvgIpc) is 2.88. The summed E-state index contributed by atoms with van der Waals surface area (Å²) in [6, 6.07) is 10.3. The van der Waals surface area contributed by atoms with E-state index in [1.54, 1.807) is 12.5 Å². The van der Waals surface area contributed by atoms with Crippen molar-refractivity contribution in [3.63, 3.8) is 0 Å². The summed E-state index contributed by atoms with van der Waals surface area (Å²) >= 11 is 0. The van der Waals surface area contributed by atoms with E-state index in [2.05, 4.69) is 50.7 Å². The first kappa shape index (κ1) is 11.9. The second kappa shape index (κ2) is 5.63. The van der Waals surface area contributed by atoms with E-state index in [4.69, 9.17) is 0 Å². The van der Waals surface area contributed by atoms with Crippen molar-refractivity contribution in [2.75, 3.05) is 6.54 Å². The van der Waals surface area contributed by atoms with Crippen molar-refractivity contribution in [2.24, 2.45) is 0 Å². The van der Waals surface area contributed by atoms with E-state index in [1.807, 2.05) is 6.07 Å². The highest BCUT2D eigenvalue weighted by molar-refractivity contribution is 5.83. The summed E-state index contributed by atoms with van der Waals surface area (Å²) in [7, 11) is 0. The van der Waals surface area contributed by atoms with Crippen LogP contribution < -0.4 is 5.32 Å². The van der Waals surface area contributed by atoms with Gasteiger partial charge in [-0.05, 0) is 30.7 Å². The molecular weight excluding hydrogens is 236 g/mol. The van der Waals surface area contributed by atoms with Crippen LogP contribution in [-0.4, -0.2) is 21.5 Å². The number of hydrogen-bond donors (Lipinski definition) is 2. The maximum absolute atomic E-state index is 4.18. The SMILES string of the molecule is c1ccc2c(CCNCc3ccncn3)c[nH]c2c1. The summed E-state index contributed by atoms with van der Waals surface area (Å²) in [5.74, 6) is 0. The number of nitrogens with one attached hydrogen (secondary N) is 2. The molecule has 0 bridgehead atoms. The van der Waals surface area contributed by atoms with E-state index in [-0.39, 0.29) is 0 Å². The smallest absolute Gasteiger partial charge is 0.115 e. The molecule has 1 aromatic carbocycles. The maximum atomic E-state index is 4.18. The first-order valence-corrected chi connectivity index (χ1v) is 6.44. The molecule has 0 spiro atoms. The Morgan fingerprint density at radius 1 is 1.16 bits per heavy atom. The quantitative estimate of drug-likeness (QED) is 0.685. The zero-order valence-corrected chi connectivity index (χ0v) is 10.6. The molecule has 4 nitrogen and oxygen atoms in total. The van der Waals surface area contributed by atoms with Crippen LogP contribution in [0.2, 0.25) is 0 Å². The molecule has 4 heteroatoms. The third kappa shape index (κ3) is 2.80. The van der Waals surface area contributed by atoms with Gasteiger partial charge in [0.15, 0.2) is 0 Å². The Labute approximate surface area is 111 Å². The summed E-state index contributed by atoms with van der Waals surface area (Å²) in [5, 5.41) is 4.71. The van der Waals surface area contributed by atoms with Gasteiger partial charge in [0.05, 0.1) is 5.69 Å². The van der Waals surface area contributed by atoms with Crippen LogP contribution >= 0.6 is 0 Å². The van der Waals surface area contributed by atoms with E-state index in [1.165, 1.54) is 16.5 Å². The van der Waals surface area contributed by atoms with Gasteiger partial charge < -0.3 is 10.3 Å². The fourth-order valence-electron chi connectivity index (χ4n) is 2.20. The molecule has 0 aliphatic heterocycles. The minimum absolute atomic E-state index is 0.783. The molecule has 2 N–H and O–H groups in total. The van der Waals surface area contributed by atoms with Crippen molar-refractivity contribution in [1.82, 2.24) is 20.3 Å². The number of hydrogen-bond acceptors (Lipinski definition) is 3. The Morgan fingerprint density at radius 3 is 3.00 bits per heavy atom. The molecule has 19 heavy (non-hydrogen) atoms. The maximum Gasteiger partial charge on any atom is 0.115 e. The molecule has 0 fully saturated rings. The van der Waals surface area contributed by atoms with Crippen LogP contribution in [0.3, 0.4) is 0 Å². The molecule has 0 saturated carbocycles. The van der Waals surface area contributed by atoms with Crippen molar-refractivity contribution >= 4 is 10.9 Å². The fourth-order valence-corrected chi connectivity index (χ4v) is 2.20. The molecule has 0 aliphatic carbocycles. The van der Waals surface area contributed by atoms with E-state index in [9.17, 15) is 0 Å². The summed E-state index contributed by atoms with van der Waals surface area (Å²) < 4.78 is 0. The number of H-pyrrole nitrogens is 1. The van der Waals surface area contributed by atoms with Crippen molar-refractivity contribution < 1.29 is 0 Å². The molecule has 0 amide bonds. The lowest BCUT2D eigenvalue weighted by Crippen LogP contribution is -2.17. The van der Waals surface area contributed by atoms with Crippen LogP contribution in [0, 0.1) is 0 Å². The zero-order valence-electron chi connectivity index (χ0n) is 10.6. The highest BCUT2D eigenvalue weighted by Gasteiger charge is 2.02. The lowest BCUT2D eigenvalue weighted by molar-refractivity contribution is 0.674. The van der Waals surface area contributed by atoms with Crippen molar-refractivity contribution in [2.45, 2.75) is 13.0 Å². The van der Waals surface area contributed by atoms with Crippen LogP contribution in [0.5, 0.6) is 0 Å². The second-order valence-corrected chi connectivity index (χ2v) is 4.49. The number of para-hydroxylation sites is 1. The largest absolute Gasteiger partial charge is 0.361 e. The lowest BCUT2D eigenvalue weighted by Gasteiger charge is -2.03. The van der Waals surface area contributed by atoms with Gasteiger partial charge in [-0.25, -0.2) is 9.97 Å². The first-order chi connectivity index (χ1) is 9.43. The molecule has 3 aromatic rings. The molecule has 0 unspecified atom stereocenters. The summed E-state index contributed by atoms with van der Waals surface area (Å²) in [6.07, 6.45) is 6.45. The highest BCUT2D eigenvalue weighted by Crippen LogP contribution is 2.17. The normalized spacial score (nSPS) is 10.9. The summed E-state index contributed by atoms with van der Waals surface area (Å²) in [5.41, 5.74) is 3.58. The minimum atomic E-state index is 0.783. The van der Waals surface area contributed by atoms with Gasteiger partial charge in [-0.3, -0.25) is 0 Å². The number of benzene rings is 1. The molecule has 2 aromatic heterocycles. The van der Waals surface area contributed by atoms with Crippen LogP contribution in [-0.2, 0) is 13.0 Å². The summed E-state index contributed by atoms with van der Waals surface area (Å²) in [6.45, 7) is 1.72. The van der Waals surface area contributed by atoms with E-state index in [0.29, 0.717) is 0 Å². The Bertz CT molecular complexity index is 645. The third-order valence-corrected chi connectivity index (χ3v) is 3.20. The molecule has 0 atom stereocenters. The van der Waals surface area contributed by atoms with Crippen molar-refractivity contribution in [3.05, 3.63) is 60.3 Å². The topological polar surface area (TPSA) is 53.6 Å². The number of nitrogens with zero attached hydrogens (tertiary/aromatic N) is 2. The second-order valence-electron chi connectivity index (χ2n) is 4.49. The van der Waals surface area contributed by atoms with Crippen molar-refractivity contribution in [1.29, 1.82) is 0 Å². The van der Waals surface area contributed by atoms with Crippen LogP contribution in [0.15, 0.2) is 49.1 Å². The molecule has 2 heterocycles. The van der Waals surface area contributed by atoms with Crippen molar-refractivity contribution in [3.8, 4) is 0 Å². The number of fused-ring (bicyclic) bond motifs is 1. The molecular formula is C15H16N4. The predicted molar refractivity (Wildman–Crippen MR) is 75.7 cm³/mol. The van der Waals surface area contributed by atoms with Gasteiger partial charge in [-0.15, -0.1) is 0 Å². The average molecular weight is 252 g/mol. The minimum Gasteiger partial charge on any atom is -0.361 e. The zero-order chi connectivity index (χ0) is 12.9. The monoisotopic (exact) mass is 252 g/mol. The van der Waals surface area contributed by atoms with E-state index < -0.39 is 0 Å². The first-order valence-electron chi connectivity index (χ1n) is 6.44. The van der Waals surface area contributed by atoms with Gasteiger partial charge in [0.2, 0.25) is 0 Å². The molecule has 0 saturated heterocycles. The van der Waals surface area contributed by atoms with Gasteiger partial charge in [0.1, 0.15) is 6.33 Å².